The molecule has 0 saturated carbocycles. The van der Waals surface area contributed by atoms with Gasteiger partial charge in [0.15, 0.2) is 0 Å². The first-order valence-electron chi connectivity index (χ1n) is 7.75. The largest absolute Gasteiger partial charge is 0.0958 e. The predicted molar refractivity (Wildman–Crippen MR) is 95.2 cm³/mol. The van der Waals surface area contributed by atoms with E-state index in [4.69, 9.17) is 0 Å². The molecule has 0 spiro atoms. The van der Waals surface area contributed by atoms with Crippen LogP contribution in [0.15, 0.2) is 30.4 Å². The summed E-state index contributed by atoms with van der Waals surface area (Å²) in [4.78, 5) is 0. The van der Waals surface area contributed by atoms with E-state index in [2.05, 4.69) is 44.4 Å². The molecule has 1 aliphatic rings. The first-order chi connectivity index (χ1) is 9.61. The number of hydrogen-bond donors (Lipinski definition) is 0. The van der Waals surface area contributed by atoms with Gasteiger partial charge in [0, 0.05) is 0 Å². The Labute approximate surface area is 125 Å². The highest BCUT2D eigenvalue weighted by Gasteiger charge is 2.06. The van der Waals surface area contributed by atoms with Gasteiger partial charge in [-0.2, -0.15) is 0 Å². The van der Waals surface area contributed by atoms with E-state index >= 15 is 0 Å². The molecule has 0 nitrogen and oxygen atoms in total. The van der Waals surface area contributed by atoms with Crippen molar-refractivity contribution in [3.63, 3.8) is 0 Å². The third-order valence-corrected chi connectivity index (χ3v) is 3.37. The maximum Gasteiger partial charge on any atom is -0.0155 e. The highest BCUT2D eigenvalue weighted by molar-refractivity contribution is 5.63. The van der Waals surface area contributed by atoms with Gasteiger partial charge in [-0.1, -0.05) is 70.7 Å². The zero-order valence-electron chi connectivity index (χ0n) is 14.1. The van der Waals surface area contributed by atoms with Gasteiger partial charge in [0.05, 0.1) is 0 Å². The second-order valence-corrected chi connectivity index (χ2v) is 4.51. The first kappa shape index (κ1) is 18.4. The summed E-state index contributed by atoms with van der Waals surface area (Å²) in [6.07, 6.45) is 6.68. The Morgan fingerprint density at radius 3 is 2.20 bits per heavy atom. The summed E-state index contributed by atoms with van der Waals surface area (Å²) in [6, 6.07) is 4.36. The minimum absolute atomic E-state index is 1.11. The molecular weight excluding hydrogens is 240 g/mol. The average Bonchev–Trinajstić information content (AvgIpc) is 2.51. The second-order valence-electron chi connectivity index (χ2n) is 4.51. The molecule has 1 aromatic carbocycles. The van der Waals surface area contributed by atoms with Gasteiger partial charge in [0.25, 0.3) is 0 Å². The first-order valence-corrected chi connectivity index (χ1v) is 7.75. The summed E-state index contributed by atoms with van der Waals surface area (Å²) in [5, 5.41) is 2.43. The Morgan fingerprint density at radius 2 is 1.65 bits per heavy atom. The Bertz CT molecular complexity index is 571. The fourth-order valence-electron chi connectivity index (χ4n) is 2.18. The molecule has 0 amide bonds. The van der Waals surface area contributed by atoms with Crippen molar-refractivity contribution in [2.24, 2.45) is 0 Å². The molecule has 0 bridgehead atoms. The van der Waals surface area contributed by atoms with Crippen LogP contribution in [0.5, 0.6) is 0 Å². The zero-order chi connectivity index (χ0) is 15.7. The Hall–Kier alpha value is -1.56. The van der Waals surface area contributed by atoms with E-state index in [9.17, 15) is 0 Å². The maximum absolute atomic E-state index is 4.24. The highest BCUT2D eigenvalue weighted by atomic mass is 14.1. The van der Waals surface area contributed by atoms with Gasteiger partial charge in [0.1, 0.15) is 0 Å². The average molecular weight is 270 g/mol. The van der Waals surface area contributed by atoms with Gasteiger partial charge in [-0.15, -0.1) is 0 Å². The van der Waals surface area contributed by atoms with Crippen molar-refractivity contribution < 1.29 is 0 Å². The third kappa shape index (κ3) is 4.23. The van der Waals surface area contributed by atoms with Crippen LogP contribution >= 0.6 is 0 Å². The molecule has 0 radical (unpaired) electrons. The number of benzene rings is 1. The number of fused-ring (bicyclic) bond motifs is 1. The molecule has 0 N–H and O–H groups in total. The van der Waals surface area contributed by atoms with E-state index < -0.39 is 0 Å². The second kappa shape index (κ2) is 9.36. The Morgan fingerprint density at radius 1 is 1.05 bits per heavy atom. The van der Waals surface area contributed by atoms with E-state index in [0.717, 1.165) is 18.4 Å². The van der Waals surface area contributed by atoms with E-state index in [1.54, 1.807) is 0 Å². The van der Waals surface area contributed by atoms with Crippen molar-refractivity contribution in [2.75, 3.05) is 0 Å². The fourth-order valence-corrected chi connectivity index (χ4v) is 2.18. The van der Waals surface area contributed by atoms with Crippen LogP contribution in [-0.2, 0) is 6.42 Å². The van der Waals surface area contributed by atoms with Gasteiger partial charge in [-0.3, -0.25) is 0 Å². The van der Waals surface area contributed by atoms with Crippen molar-refractivity contribution >= 4 is 18.2 Å². The van der Waals surface area contributed by atoms with E-state index in [0.29, 0.717) is 0 Å². The molecule has 0 heterocycles. The molecule has 0 fully saturated rings. The Kier molecular flexibility index (Phi) is 8.63. The van der Waals surface area contributed by atoms with Crippen molar-refractivity contribution in [3.8, 4) is 0 Å². The van der Waals surface area contributed by atoms with Gasteiger partial charge in [0.2, 0.25) is 0 Å². The van der Waals surface area contributed by atoms with Gasteiger partial charge in [-0.05, 0) is 53.8 Å². The smallest absolute Gasteiger partial charge is 0.0155 e. The van der Waals surface area contributed by atoms with Crippen LogP contribution < -0.4 is 10.4 Å². The molecule has 0 unspecified atom stereocenters. The van der Waals surface area contributed by atoms with E-state index in [1.165, 1.54) is 27.1 Å². The van der Waals surface area contributed by atoms with Crippen molar-refractivity contribution in [3.05, 3.63) is 51.9 Å². The molecular formula is C20H30. The number of allylic oxidation sites excluding steroid dienone is 2. The third-order valence-electron chi connectivity index (χ3n) is 3.37. The molecule has 20 heavy (non-hydrogen) atoms. The molecule has 1 aliphatic carbocycles. The van der Waals surface area contributed by atoms with Crippen molar-refractivity contribution in [2.45, 2.75) is 54.4 Å². The van der Waals surface area contributed by atoms with Crippen LogP contribution in [0.2, 0.25) is 0 Å². The topological polar surface area (TPSA) is 0 Å². The van der Waals surface area contributed by atoms with Crippen LogP contribution in [0.4, 0.5) is 0 Å². The van der Waals surface area contributed by atoms with Crippen LogP contribution in [0.3, 0.4) is 0 Å². The highest BCUT2D eigenvalue weighted by Crippen LogP contribution is 2.14. The van der Waals surface area contributed by atoms with Gasteiger partial charge in [-0.25, -0.2) is 0 Å². The standard InChI is InChI=1S/C16H18.2C2H6/c1-11(2)12(3)15-10-9-14-7-5-6-8-16(14)13(15)4;2*1-2/h5,7,9-10H,1,4,6,8H2,2-3H3;2*1-2H3/b15-12-;;. The lowest BCUT2D eigenvalue weighted by atomic mass is 9.93. The van der Waals surface area contributed by atoms with Crippen LogP contribution in [0.25, 0.3) is 18.2 Å². The summed E-state index contributed by atoms with van der Waals surface area (Å²) in [6.45, 7) is 20.4. The lowest BCUT2D eigenvalue weighted by molar-refractivity contribution is 0.972. The van der Waals surface area contributed by atoms with E-state index in [-0.39, 0.29) is 0 Å². The summed E-state index contributed by atoms with van der Waals surface area (Å²) < 4.78 is 0. The lowest BCUT2D eigenvalue weighted by Crippen LogP contribution is -2.30. The van der Waals surface area contributed by atoms with Crippen molar-refractivity contribution in [1.29, 1.82) is 0 Å². The molecule has 0 atom stereocenters. The molecule has 110 valence electrons. The minimum atomic E-state index is 1.11. The van der Waals surface area contributed by atoms with Crippen LogP contribution in [0.1, 0.15) is 59.1 Å². The Balaban J connectivity index is 0.000000829. The molecule has 0 heteroatoms. The fraction of sp³-hybridized carbons (Fsp3) is 0.400. The van der Waals surface area contributed by atoms with Gasteiger partial charge < -0.3 is 0 Å². The van der Waals surface area contributed by atoms with E-state index in [1.807, 2.05) is 34.6 Å². The summed E-state index contributed by atoms with van der Waals surface area (Å²) in [5.41, 5.74) is 5.11. The molecule has 0 aliphatic heterocycles. The lowest BCUT2D eigenvalue weighted by Gasteiger charge is -2.12. The molecule has 0 saturated heterocycles. The summed E-state index contributed by atoms with van der Waals surface area (Å²) in [5.74, 6) is 0. The molecule has 2 rings (SSSR count). The summed E-state index contributed by atoms with van der Waals surface area (Å²) in [7, 11) is 0. The van der Waals surface area contributed by atoms with Crippen LogP contribution in [0, 0.1) is 0 Å². The summed E-state index contributed by atoms with van der Waals surface area (Å²) >= 11 is 0. The zero-order valence-corrected chi connectivity index (χ0v) is 14.1. The molecule has 1 aromatic rings. The number of rotatable bonds is 1. The number of hydrogen-bond acceptors (Lipinski definition) is 0. The minimum Gasteiger partial charge on any atom is -0.0958 e. The predicted octanol–water partition coefficient (Wildman–Crippen LogP) is 4.86. The monoisotopic (exact) mass is 270 g/mol. The maximum atomic E-state index is 4.24. The van der Waals surface area contributed by atoms with Crippen molar-refractivity contribution in [1.82, 2.24) is 0 Å². The van der Waals surface area contributed by atoms with Crippen LogP contribution in [-0.4, -0.2) is 0 Å². The van der Waals surface area contributed by atoms with Gasteiger partial charge >= 0.3 is 0 Å². The SMILES string of the molecule is C=C(C)/C(C)=c1/ccc2c(c1=C)CCC=C2.CC.CC. The quantitative estimate of drug-likeness (QED) is 0.684. The normalized spacial score (nSPS) is 13.1. The molecule has 0 aromatic heterocycles.